The van der Waals surface area contributed by atoms with E-state index in [4.69, 9.17) is 4.74 Å². The number of carbonyl (C=O) groups excluding carboxylic acids is 1. The lowest BCUT2D eigenvalue weighted by molar-refractivity contribution is -0.275. The van der Waals surface area contributed by atoms with E-state index in [1.54, 1.807) is 5.06 Å². The van der Waals surface area contributed by atoms with Gasteiger partial charge in [-0.1, -0.05) is 48.3 Å². The molecule has 3 aliphatic rings. The van der Waals surface area contributed by atoms with Crippen molar-refractivity contribution in [1.29, 1.82) is 0 Å². The molecule has 0 amide bonds. The van der Waals surface area contributed by atoms with E-state index in [0.717, 1.165) is 38.5 Å². The second-order valence-corrected chi connectivity index (χ2v) is 9.13. The minimum absolute atomic E-state index is 0.0192. The van der Waals surface area contributed by atoms with Gasteiger partial charge in [-0.3, -0.25) is 4.79 Å². The van der Waals surface area contributed by atoms with Crippen LogP contribution in [0.15, 0.2) is 0 Å². The normalized spacial score (nSPS) is 32.6. The van der Waals surface area contributed by atoms with Gasteiger partial charge in [0.2, 0.25) is 0 Å². The fourth-order valence-electron chi connectivity index (χ4n) is 4.84. The molecule has 1 saturated heterocycles. The highest BCUT2D eigenvalue weighted by atomic mass is 127. The van der Waals surface area contributed by atoms with Crippen molar-refractivity contribution in [3.8, 4) is 0 Å². The summed E-state index contributed by atoms with van der Waals surface area (Å²) in [5, 5.41) is 12.7. The highest BCUT2D eigenvalue weighted by molar-refractivity contribution is 14.1. The highest BCUT2D eigenvalue weighted by Gasteiger charge is 2.56. The van der Waals surface area contributed by atoms with Gasteiger partial charge < -0.3 is 9.94 Å². The first-order valence-corrected chi connectivity index (χ1v) is 9.56. The molecule has 0 aromatic carbocycles. The van der Waals surface area contributed by atoms with Gasteiger partial charge in [0.25, 0.3) is 0 Å². The van der Waals surface area contributed by atoms with Gasteiger partial charge in [0, 0.05) is 12.8 Å². The van der Waals surface area contributed by atoms with Gasteiger partial charge in [0.1, 0.15) is 10.0 Å². The molecule has 0 aromatic heterocycles. The molecule has 5 heteroatoms. The third kappa shape index (κ3) is 2.85. The number of hydroxylamine groups is 2. The van der Waals surface area contributed by atoms with Crippen LogP contribution >= 0.6 is 22.6 Å². The third-order valence-electron chi connectivity index (χ3n) is 5.79. The number of esters is 1. The van der Waals surface area contributed by atoms with E-state index in [9.17, 15) is 10.0 Å². The van der Waals surface area contributed by atoms with Crippen LogP contribution in [0.4, 0.5) is 0 Å². The van der Waals surface area contributed by atoms with E-state index in [1.807, 2.05) is 6.92 Å². The Morgan fingerprint density at radius 3 is 1.95 bits per heavy atom. The summed E-state index contributed by atoms with van der Waals surface area (Å²) >= 11 is 2.11. The molecule has 0 bridgehead atoms. The van der Waals surface area contributed by atoms with Gasteiger partial charge in [-0.2, -0.15) is 5.06 Å². The fourth-order valence-corrected chi connectivity index (χ4v) is 4.98. The number of carbonyl (C=O) groups is 1. The molecule has 1 heterocycles. The molecule has 21 heavy (non-hydrogen) atoms. The minimum Gasteiger partial charge on any atom is -0.461 e. The molecule has 3 rings (SSSR count). The van der Waals surface area contributed by atoms with Crippen LogP contribution in [0.25, 0.3) is 0 Å². The summed E-state index contributed by atoms with van der Waals surface area (Å²) in [6.45, 7) is 1.88. The molecule has 1 N–H and O–H groups in total. The topological polar surface area (TPSA) is 49.8 Å². The number of ether oxygens (including phenoxy) is 1. The Morgan fingerprint density at radius 1 is 1.14 bits per heavy atom. The van der Waals surface area contributed by atoms with Crippen molar-refractivity contribution < 1.29 is 14.7 Å². The summed E-state index contributed by atoms with van der Waals surface area (Å²) < 4.78 is 5.69. The van der Waals surface area contributed by atoms with Gasteiger partial charge in [-0.25, -0.2) is 0 Å². The van der Waals surface area contributed by atoms with Gasteiger partial charge in [0.05, 0.1) is 11.1 Å². The lowest BCUT2D eigenvalue weighted by Gasteiger charge is -2.54. The van der Waals surface area contributed by atoms with Gasteiger partial charge in [-0.15, -0.1) is 0 Å². The summed E-state index contributed by atoms with van der Waals surface area (Å²) in [5.74, 6) is -0.103. The number of halogens is 1. The Labute approximate surface area is 140 Å². The zero-order valence-electron chi connectivity index (χ0n) is 12.8. The average Bonchev–Trinajstić information content (AvgIpc) is 3.07. The van der Waals surface area contributed by atoms with Crippen LogP contribution < -0.4 is 0 Å². The summed E-state index contributed by atoms with van der Waals surface area (Å²) in [4.78, 5) is 12.0. The molecule has 120 valence electrons. The SMILES string of the molecule is CC(I)C(=O)OC1CC2(CCCC2)N(O)C2(CCCC2)C1. The van der Waals surface area contributed by atoms with Crippen molar-refractivity contribution in [2.45, 2.75) is 92.2 Å². The van der Waals surface area contributed by atoms with Crippen molar-refractivity contribution in [2.75, 3.05) is 0 Å². The quantitative estimate of drug-likeness (QED) is 0.430. The summed E-state index contributed by atoms with van der Waals surface area (Å²) in [6.07, 6.45) is 10.5. The lowest BCUT2D eigenvalue weighted by atomic mass is 9.74. The fraction of sp³-hybridized carbons (Fsp3) is 0.938. The number of nitrogens with zero attached hydrogens (tertiary/aromatic N) is 1. The molecule has 0 aromatic rings. The molecule has 1 aliphatic heterocycles. The van der Waals surface area contributed by atoms with E-state index in [2.05, 4.69) is 22.6 Å². The van der Waals surface area contributed by atoms with Gasteiger partial charge >= 0.3 is 5.97 Å². The van der Waals surface area contributed by atoms with E-state index < -0.39 is 0 Å². The molecule has 2 saturated carbocycles. The number of rotatable bonds is 2. The first kappa shape index (κ1) is 16.0. The highest BCUT2D eigenvalue weighted by Crippen LogP contribution is 2.52. The maximum Gasteiger partial charge on any atom is 0.318 e. The number of piperidine rings is 1. The molecule has 1 atom stereocenters. The van der Waals surface area contributed by atoms with Crippen LogP contribution in [0.5, 0.6) is 0 Å². The maximum absolute atomic E-state index is 12.0. The van der Waals surface area contributed by atoms with Crippen molar-refractivity contribution >= 4 is 28.6 Å². The van der Waals surface area contributed by atoms with Gasteiger partial charge in [-0.05, 0) is 32.6 Å². The Morgan fingerprint density at radius 2 is 1.57 bits per heavy atom. The predicted octanol–water partition coefficient (Wildman–Crippen LogP) is 3.83. The zero-order chi connectivity index (χ0) is 15.1. The van der Waals surface area contributed by atoms with E-state index in [1.165, 1.54) is 25.7 Å². The van der Waals surface area contributed by atoms with Crippen LogP contribution in [0.3, 0.4) is 0 Å². The van der Waals surface area contributed by atoms with Crippen LogP contribution in [-0.2, 0) is 9.53 Å². The van der Waals surface area contributed by atoms with Gasteiger partial charge in [0.15, 0.2) is 0 Å². The Bertz CT molecular complexity index is 374. The smallest absolute Gasteiger partial charge is 0.318 e. The second kappa shape index (κ2) is 5.96. The molecular weight excluding hydrogens is 381 g/mol. The monoisotopic (exact) mass is 407 g/mol. The number of alkyl halides is 1. The molecular formula is C16H26INO3. The lowest BCUT2D eigenvalue weighted by Crippen LogP contribution is -2.63. The predicted molar refractivity (Wildman–Crippen MR) is 88.6 cm³/mol. The maximum atomic E-state index is 12.0. The Kier molecular flexibility index (Phi) is 4.54. The third-order valence-corrected chi connectivity index (χ3v) is 6.30. The molecule has 3 fully saturated rings. The second-order valence-electron chi connectivity index (χ2n) is 7.26. The average molecular weight is 407 g/mol. The number of hydrogen-bond donors (Lipinski definition) is 1. The number of hydrogen-bond acceptors (Lipinski definition) is 4. The van der Waals surface area contributed by atoms with Crippen molar-refractivity contribution in [3.05, 3.63) is 0 Å². The van der Waals surface area contributed by atoms with Crippen LogP contribution in [0.1, 0.15) is 71.1 Å². The van der Waals surface area contributed by atoms with Crippen LogP contribution in [-0.4, -0.2) is 37.3 Å². The van der Waals surface area contributed by atoms with Crippen LogP contribution in [0, 0.1) is 0 Å². The van der Waals surface area contributed by atoms with Crippen molar-refractivity contribution in [2.24, 2.45) is 0 Å². The van der Waals surface area contributed by atoms with Crippen LogP contribution in [0.2, 0.25) is 0 Å². The first-order chi connectivity index (χ1) is 9.97. The largest absolute Gasteiger partial charge is 0.461 e. The molecule has 1 unspecified atom stereocenters. The summed E-state index contributed by atoms with van der Waals surface area (Å²) in [7, 11) is 0. The molecule has 0 radical (unpaired) electrons. The van der Waals surface area contributed by atoms with Crippen molar-refractivity contribution in [1.82, 2.24) is 5.06 Å². The Balaban J connectivity index is 1.81. The zero-order valence-corrected chi connectivity index (χ0v) is 15.0. The summed E-state index contributed by atoms with van der Waals surface area (Å²) in [6, 6.07) is 0. The summed E-state index contributed by atoms with van der Waals surface area (Å²) in [5.41, 5.74) is -0.274. The first-order valence-electron chi connectivity index (χ1n) is 8.31. The molecule has 2 spiro atoms. The standard InChI is InChI=1S/C16H26INO3/c1-12(17)14(19)21-13-10-15(6-2-3-7-15)18(20)16(11-13)8-4-5-9-16/h12-13,20H,2-11H2,1H3. The van der Waals surface area contributed by atoms with E-state index in [0.29, 0.717) is 0 Å². The molecule has 2 aliphatic carbocycles. The van der Waals surface area contributed by atoms with E-state index >= 15 is 0 Å². The molecule has 4 nitrogen and oxygen atoms in total. The van der Waals surface area contributed by atoms with E-state index in [-0.39, 0.29) is 27.1 Å². The van der Waals surface area contributed by atoms with Crippen molar-refractivity contribution in [3.63, 3.8) is 0 Å². The minimum atomic E-state index is -0.137. The Hall–Kier alpha value is 0.120.